The second kappa shape index (κ2) is 8.75. The van der Waals surface area contributed by atoms with Crippen molar-refractivity contribution in [1.29, 1.82) is 0 Å². The van der Waals surface area contributed by atoms with Crippen LogP contribution in [-0.4, -0.2) is 52.4 Å². The fraction of sp³-hybridized carbons (Fsp3) is 0.333. The molecule has 148 valence electrons. The molecule has 1 aliphatic heterocycles. The summed E-state index contributed by atoms with van der Waals surface area (Å²) < 4.78 is 15.6. The highest BCUT2D eigenvalue weighted by Crippen LogP contribution is 2.30. The number of morpholine rings is 1. The van der Waals surface area contributed by atoms with Gasteiger partial charge >= 0.3 is 5.97 Å². The lowest BCUT2D eigenvalue weighted by molar-refractivity contribution is 0.0600. The standard InChI is InChI=1S/C21H24N2O5/c1-14-5-4-6-16(19(14)26-2)20(24)22-17-13-15(21(25)27-3)7-8-18(17)23-9-11-28-12-10-23/h4-8,13H,9-12H2,1-3H3,(H,22,24). The Kier molecular flexibility index (Phi) is 6.16. The van der Waals surface area contributed by atoms with Gasteiger partial charge in [-0.15, -0.1) is 0 Å². The summed E-state index contributed by atoms with van der Waals surface area (Å²) in [5, 5.41) is 2.94. The summed E-state index contributed by atoms with van der Waals surface area (Å²) in [6.07, 6.45) is 0. The van der Waals surface area contributed by atoms with Crippen molar-refractivity contribution in [3.8, 4) is 5.75 Å². The van der Waals surface area contributed by atoms with Crippen LogP contribution in [0, 0.1) is 6.92 Å². The first-order valence-corrected chi connectivity index (χ1v) is 9.05. The molecule has 28 heavy (non-hydrogen) atoms. The van der Waals surface area contributed by atoms with Crippen molar-refractivity contribution in [2.24, 2.45) is 0 Å². The molecule has 3 rings (SSSR count). The molecule has 0 spiro atoms. The molecule has 1 heterocycles. The van der Waals surface area contributed by atoms with E-state index in [0.717, 1.165) is 11.3 Å². The van der Waals surface area contributed by atoms with Crippen molar-refractivity contribution in [3.63, 3.8) is 0 Å². The Hall–Kier alpha value is -3.06. The minimum Gasteiger partial charge on any atom is -0.496 e. The monoisotopic (exact) mass is 384 g/mol. The van der Waals surface area contributed by atoms with E-state index in [4.69, 9.17) is 14.2 Å². The zero-order valence-corrected chi connectivity index (χ0v) is 16.3. The number of carbonyl (C=O) groups is 2. The van der Waals surface area contributed by atoms with E-state index in [-0.39, 0.29) is 5.91 Å². The van der Waals surface area contributed by atoms with E-state index in [2.05, 4.69) is 10.2 Å². The molecule has 7 nitrogen and oxygen atoms in total. The normalized spacial score (nSPS) is 13.8. The zero-order valence-electron chi connectivity index (χ0n) is 16.3. The van der Waals surface area contributed by atoms with Crippen molar-refractivity contribution < 1.29 is 23.8 Å². The number of carbonyl (C=O) groups excluding carboxylic acids is 2. The molecule has 0 saturated carbocycles. The molecule has 0 bridgehead atoms. The molecule has 2 aromatic carbocycles. The van der Waals surface area contributed by atoms with E-state index in [1.165, 1.54) is 14.2 Å². The van der Waals surface area contributed by atoms with Gasteiger partial charge in [-0.25, -0.2) is 4.79 Å². The number of nitrogens with one attached hydrogen (secondary N) is 1. The zero-order chi connectivity index (χ0) is 20.1. The third-order valence-electron chi connectivity index (χ3n) is 4.68. The van der Waals surface area contributed by atoms with Gasteiger partial charge in [-0.05, 0) is 36.8 Å². The third kappa shape index (κ3) is 4.09. The summed E-state index contributed by atoms with van der Waals surface area (Å²) >= 11 is 0. The van der Waals surface area contributed by atoms with Crippen molar-refractivity contribution in [2.45, 2.75) is 6.92 Å². The van der Waals surface area contributed by atoms with Crippen LogP contribution in [0.5, 0.6) is 5.75 Å². The number of anilines is 2. The average Bonchev–Trinajstić information content (AvgIpc) is 2.73. The van der Waals surface area contributed by atoms with E-state index in [1.807, 2.05) is 19.1 Å². The predicted molar refractivity (Wildman–Crippen MR) is 106 cm³/mol. The van der Waals surface area contributed by atoms with E-state index in [9.17, 15) is 9.59 Å². The Morgan fingerprint density at radius 3 is 2.54 bits per heavy atom. The summed E-state index contributed by atoms with van der Waals surface area (Å²) in [5.74, 6) is -0.244. The Bertz CT molecular complexity index is 875. The molecule has 0 unspecified atom stereocenters. The smallest absolute Gasteiger partial charge is 0.337 e. The van der Waals surface area contributed by atoms with Crippen molar-refractivity contribution in [2.75, 3.05) is 50.7 Å². The molecule has 1 amide bonds. The number of benzene rings is 2. The van der Waals surface area contributed by atoms with Gasteiger partial charge in [0.1, 0.15) is 5.75 Å². The van der Waals surface area contributed by atoms with Crippen LogP contribution in [0.2, 0.25) is 0 Å². The lowest BCUT2D eigenvalue weighted by Crippen LogP contribution is -2.36. The summed E-state index contributed by atoms with van der Waals surface area (Å²) in [6.45, 7) is 4.50. The quantitative estimate of drug-likeness (QED) is 0.799. The van der Waals surface area contributed by atoms with Gasteiger partial charge in [-0.2, -0.15) is 0 Å². The number of rotatable bonds is 5. The number of methoxy groups -OCH3 is 2. The summed E-state index contributed by atoms with van der Waals surface area (Å²) in [5.41, 5.74) is 3.03. The highest BCUT2D eigenvalue weighted by molar-refractivity contribution is 6.08. The molecule has 2 aromatic rings. The van der Waals surface area contributed by atoms with Gasteiger partial charge in [0.2, 0.25) is 0 Å². The van der Waals surface area contributed by atoms with Crippen LogP contribution in [-0.2, 0) is 9.47 Å². The summed E-state index contributed by atoms with van der Waals surface area (Å²) in [6, 6.07) is 10.5. The Morgan fingerprint density at radius 2 is 1.86 bits per heavy atom. The molecule has 1 N–H and O–H groups in total. The van der Waals surface area contributed by atoms with Crippen LogP contribution in [0.15, 0.2) is 36.4 Å². The number of amides is 1. The second-order valence-corrected chi connectivity index (χ2v) is 6.43. The molecule has 7 heteroatoms. The summed E-state index contributed by atoms with van der Waals surface area (Å²) in [4.78, 5) is 27.1. The highest BCUT2D eigenvalue weighted by Gasteiger charge is 2.20. The third-order valence-corrected chi connectivity index (χ3v) is 4.68. The minimum absolute atomic E-state index is 0.308. The van der Waals surface area contributed by atoms with E-state index in [1.54, 1.807) is 24.3 Å². The molecule has 1 saturated heterocycles. The van der Waals surface area contributed by atoms with Crippen LogP contribution < -0.4 is 15.0 Å². The maximum Gasteiger partial charge on any atom is 0.337 e. The van der Waals surface area contributed by atoms with Crippen LogP contribution in [0.3, 0.4) is 0 Å². The van der Waals surface area contributed by atoms with Gasteiger partial charge in [-0.1, -0.05) is 12.1 Å². The number of aryl methyl sites for hydroxylation is 1. The van der Waals surface area contributed by atoms with Gasteiger partial charge in [0, 0.05) is 13.1 Å². The number of ether oxygens (including phenoxy) is 3. The highest BCUT2D eigenvalue weighted by atomic mass is 16.5. The maximum absolute atomic E-state index is 13.0. The van der Waals surface area contributed by atoms with Gasteiger partial charge in [0.25, 0.3) is 5.91 Å². The molecule has 0 aliphatic carbocycles. The van der Waals surface area contributed by atoms with E-state index in [0.29, 0.717) is 48.9 Å². The van der Waals surface area contributed by atoms with Crippen molar-refractivity contribution in [1.82, 2.24) is 0 Å². The number of hydrogen-bond donors (Lipinski definition) is 1. The molecular weight excluding hydrogens is 360 g/mol. The Morgan fingerprint density at radius 1 is 1.11 bits per heavy atom. The van der Waals surface area contributed by atoms with Crippen LogP contribution in [0.1, 0.15) is 26.3 Å². The lowest BCUT2D eigenvalue weighted by atomic mass is 10.1. The first-order chi connectivity index (χ1) is 13.5. The second-order valence-electron chi connectivity index (χ2n) is 6.43. The van der Waals surface area contributed by atoms with Gasteiger partial charge in [-0.3, -0.25) is 4.79 Å². The SMILES string of the molecule is COC(=O)c1ccc(N2CCOCC2)c(NC(=O)c2cccc(C)c2OC)c1. The van der Waals surface area contributed by atoms with Crippen LogP contribution >= 0.6 is 0 Å². The van der Waals surface area contributed by atoms with Crippen LogP contribution in [0.25, 0.3) is 0 Å². The first kappa shape index (κ1) is 19.7. The number of nitrogens with zero attached hydrogens (tertiary/aromatic N) is 1. The largest absolute Gasteiger partial charge is 0.496 e. The van der Waals surface area contributed by atoms with Gasteiger partial charge in [0.15, 0.2) is 0 Å². The topological polar surface area (TPSA) is 77.1 Å². The molecule has 0 radical (unpaired) electrons. The van der Waals surface area contributed by atoms with E-state index >= 15 is 0 Å². The summed E-state index contributed by atoms with van der Waals surface area (Å²) in [7, 11) is 2.87. The van der Waals surface area contributed by atoms with Crippen molar-refractivity contribution >= 4 is 23.3 Å². The molecule has 1 fully saturated rings. The average molecular weight is 384 g/mol. The molecule has 1 aliphatic rings. The first-order valence-electron chi connectivity index (χ1n) is 9.05. The predicted octanol–water partition coefficient (Wildman–Crippen LogP) is 2.88. The fourth-order valence-electron chi connectivity index (χ4n) is 3.25. The molecule has 0 atom stereocenters. The fourth-order valence-corrected chi connectivity index (χ4v) is 3.25. The lowest BCUT2D eigenvalue weighted by Gasteiger charge is -2.30. The minimum atomic E-state index is -0.461. The van der Waals surface area contributed by atoms with E-state index < -0.39 is 5.97 Å². The number of esters is 1. The van der Waals surface area contributed by atoms with Gasteiger partial charge < -0.3 is 24.4 Å². The molecular formula is C21H24N2O5. The van der Waals surface area contributed by atoms with Crippen molar-refractivity contribution in [3.05, 3.63) is 53.1 Å². The Balaban J connectivity index is 1.97. The molecule has 0 aromatic heterocycles. The van der Waals surface area contributed by atoms with Crippen LogP contribution in [0.4, 0.5) is 11.4 Å². The van der Waals surface area contributed by atoms with Gasteiger partial charge in [0.05, 0.1) is 49.9 Å². The number of para-hydroxylation sites is 1. The Labute approximate surface area is 164 Å². The maximum atomic E-state index is 13.0. The number of hydrogen-bond acceptors (Lipinski definition) is 6.